The fraction of sp³-hybridized carbons (Fsp3) is 0.231. The number of nitrogens with zero attached hydrogens (tertiary/aromatic N) is 1. The minimum atomic E-state index is -0.501. The predicted molar refractivity (Wildman–Crippen MR) is 134 cm³/mol. The van der Waals surface area contributed by atoms with Gasteiger partial charge in [0.25, 0.3) is 11.8 Å². The molecule has 0 unspecified atom stereocenters. The number of hydrogen-bond acceptors (Lipinski definition) is 5. The van der Waals surface area contributed by atoms with Crippen LogP contribution >= 0.6 is 11.6 Å². The van der Waals surface area contributed by atoms with Gasteiger partial charge in [0.2, 0.25) is 0 Å². The molecule has 184 valence electrons. The zero-order valence-electron chi connectivity index (χ0n) is 19.5. The number of halogens is 2. The Balaban J connectivity index is 1.84. The zero-order valence-corrected chi connectivity index (χ0v) is 20.3. The molecule has 3 aromatic carbocycles. The molecule has 2 amide bonds. The largest absolute Gasteiger partial charge is 0.493 e. The Morgan fingerprint density at radius 1 is 1.00 bits per heavy atom. The standard InChI is InChI=1S/C26H27ClFN3O4/c1-34-23-10-7-18(15-24(23)35-2)26(33)31(12-4-11-29)16-19-14-21(8-9-22(19)27)30-25(32)17-5-3-6-20(28)13-17/h3,5-10,13-15H,4,11-12,16,29H2,1-2H3,(H,30,32). The van der Waals surface area contributed by atoms with Crippen LogP contribution < -0.4 is 20.5 Å². The lowest BCUT2D eigenvalue weighted by Crippen LogP contribution is -2.32. The molecule has 3 N–H and O–H groups in total. The number of amides is 2. The maximum Gasteiger partial charge on any atom is 0.255 e. The highest BCUT2D eigenvalue weighted by Gasteiger charge is 2.19. The SMILES string of the molecule is COc1ccc(C(=O)N(CCCN)Cc2cc(NC(=O)c3cccc(F)c3)ccc2Cl)cc1OC. The minimum Gasteiger partial charge on any atom is -0.493 e. The lowest BCUT2D eigenvalue weighted by molar-refractivity contribution is 0.0741. The number of nitrogens with one attached hydrogen (secondary N) is 1. The van der Waals surface area contributed by atoms with Crippen LogP contribution in [-0.2, 0) is 6.54 Å². The van der Waals surface area contributed by atoms with Crippen molar-refractivity contribution in [1.82, 2.24) is 4.90 Å². The first-order chi connectivity index (χ1) is 16.9. The number of rotatable bonds is 10. The minimum absolute atomic E-state index is 0.190. The molecule has 7 nitrogen and oxygen atoms in total. The van der Waals surface area contributed by atoms with E-state index in [1.807, 2.05) is 0 Å². The molecular formula is C26H27ClFN3O4. The fourth-order valence-corrected chi connectivity index (χ4v) is 3.68. The molecule has 35 heavy (non-hydrogen) atoms. The van der Waals surface area contributed by atoms with Gasteiger partial charge in [-0.15, -0.1) is 0 Å². The summed E-state index contributed by atoms with van der Waals surface area (Å²) in [6.45, 7) is 1.00. The van der Waals surface area contributed by atoms with Crippen LogP contribution in [0.1, 0.15) is 32.7 Å². The second kappa shape index (κ2) is 12.2. The van der Waals surface area contributed by atoms with E-state index in [4.69, 9.17) is 26.8 Å². The number of ether oxygens (including phenoxy) is 2. The van der Waals surface area contributed by atoms with Crippen molar-refractivity contribution in [3.05, 3.63) is 88.2 Å². The van der Waals surface area contributed by atoms with Gasteiger partial charge in [0.1, 0.15) is 5.82 Å². The van der Waals surface area contributed by atoms with Crippen LogP contribution in [-0.4, -0.2) is 44.0 Å². The Bertz CT molecular complexity index is 1200. The van der Waals surface area contributed by atoms with E-state index in [0.29, 0.717) is 52.8 Å². The van der Waals surface area contributed by atoms with Gasteiger partial charge in [0.15, 0.2) is 11.5 Å². The third-order valence-electron chi connectivity index (χ3n) is 5.30. The van der Waals surface area contributed by atoms with Crippen LogP contribution in [0.3, 0.4) is 0 Å². The monoisotopic (exact) mass is 499 g/mol. The topological polar surface area (TPSA) is 93.9 Å². The molecule has 0 saturated heterocycles. The van der Waals surface area contributed by atoms with Crippen molar-refractivity contribution in [3.8, 4) is 11.5 Å². The van der Waals surface area contributed by atoms with Gasteiger partial charge in [0.05, 0.1) is 14.2 Å². The van der Waals surface area contributed by atoms with Crippen molar-refractivity contribution in [2.75, 3.05) is 32.6 Å². The molecule has 3 aromatic rings. The summed E-state index contributed by atoms with van der Waals surface area (Å²) in [7, 11) is 3.02. The summed E-state index contributed by atoms with van der Waals surface area (Å²) in [5, 5.41) is 3.18. The molecule has 0 heterocycles. The zero-order chi connectivity index (χ0) is 25.4. The van der Waals surface area contributed by atoms with Gasteiger partial charge >= 0.3 is 0 Å². The van der Waals surface area contributed by atoms with Crippen LogP contribution in [0.25, 0.3) is 0 Å². The van der Waals surface area contributed by atoms with Gasteiger partial charge in [-0.3, -0.25) is 9.59 Å². The summed E-state index contributed by atoms with van der Waals surface area (Å²) >= 11 is 6.43. The summed E-state index contributed by atoms with van der Waals surface area (Å²) in [6, 6.07) is 15.3. The Morgan fingerprint density at radius 3 is 2.46 bits per heavy atom. The second-order valence-corrected chi connectivity index (χ2v) is 8.12. The molecule has 0 aliphatic rings. The molecule has 0 aliphatic heterocycles. The summed E-state index contributed by atoms with van der Waals surface area (Å²) in [4.78, 5) is 27.5. The van der Waals surface area contributed by atoms with Gasteiger partial charge in [-0.05, 0) is 73.1 Å². The summed E-state index contributed by atoms with van der Waals surface area (Å²) < 4.78 is 24.0. The average Bonchev–Trinajstić information content (AvgIpc) is 2.87. The van der Waals surface area contributed by atoms with E-state index >= 15 is 0 Å². The molecule has 0 spiro atoms. The molecule has 0 fully saturated rings. The second-order valence-electron chi connectivity index (χ2n) is 7.71. The van der Waals surface area contributed by atoms with Crippen molar-refractivity contribution < 1.29 is 23.5 Å². The molecule has 0 aliphatic carbocycles. The van der Waals surface area contributed by atoms with E-state index < -0.39 is 11.7 Å². The van der Waals surface area contributed by atoms with E-state index in [2.05, 4.69) is 5.32 Å². The van der Waals surface area contributed by atoms with E-state index in [0.717, 1.165) is 6.07 Å². The number of hydrogen-bond donors (Lipinski definition) is 2. The van der Waals surface area contributed by atoms with Crippen molar-refractivity contribution in [3.63, 3.8) is 0 Å². The Labute approximate surface area is 208 Å². The molecule has 0 bridgehead atoms. The highest BCUT2D eigenvalue weighted by Crippen LogP contribution is 2.29. The first kappa shape index (κ1) is 26.0. The van der Waals surface area contributed by atoms with Crippen molar-refractivity contribution in [1.29, 1.82) is 0 Å². The normalized spacial score (nSPS) is 10.5. The number of anilines is 1. The first-order valence-electron chi connectivity index (χ1n) is 10.9. The molecule has 0 radical (unpaired) electrons. The Kier molecular flexibility index (Phi) is 9.05. The average molecular weight is 500 g/mol. The van der Waals surface area contributed by atoms with Crippen LogP contribution in [0, 0.1) is 5.82 Å². The molecule has 0 saturated carbocycles. The summed E-state index contributed by atoms with van der Waals surface area (Å²) in [5.41, 5.74) is 7.41. The number of methoxy groups -OCH3 is 2. The van der Waals surface area contributed by atoms with E-state index in [1.165, 1.54) is 32.4 Å². The highest BCUT2D eigenvalue weighted by atomic mass is 35.5. The number of nitrogens with two attached hydrogens (primary N) is 1. The van der Waals surface area contributed by atoms with E-state index in [-0.39, 0.29) is 18.0 Å². The van der Waals surface area contributed by atoms with Crippen molar-refractivity contribution in [2.45, 2.75) is 13.0 Å². The van der Waals surface area contributed by atoms with Gasteiger partial charge in [0, 0.05) is 34.9 Å². The molecule has 0 aromatic heterocycles. The van der Waals surface area contributed by atoms with Gasteiger partial charge in [-0.1, -0.05) is 17.7 Å². The third kappa shape index (κ3) is 6.71. The maximum atomic E-state index is 13.5. The highest BCUT2D eigenvalue weighted by molar-refractivity contribution is 6.31. The van der Waals surface area contributed by atoms with Gasteiger partial charge in [-0.2, -0.15) is 0 Å². The van der Waals surface area contributed by atoms with E-state index in [1.54, 1.807) is 41.3 Å². The fourth-order valence-electron chi connectivity index (χ4n) is 3.50. The molecular weight excluding hydrogens is 473 g/mol. The van der Waals surface area contributed by atoms with Crippen molar-refractivity contribution >= 4 is 29.1 Å². The van der Waals surface area contributed by atoms with Gasteiger partial charge < -0.3 is 25.4 Å². The van der Waals surface area contributed by atoms with Crippen LogP contribution in [0.15, 0.2) is 60.7 Å². The number of carbonyl (C=O) groups excluding carboxylic acids is 2. The molecule has 0 atom stereocenters. The predicted octanol–water partition coefficient (Wildman–Crippen LogP) is 4.74. The Morgan fingerprint density at radius 2 is 1.77 bits per heavy atom. The lowest BCUT2D eigenvalue weighted by Gasteiger charge is -2.24. The molecule has 3 rings (SSSR count). The Hall–Kier alpha value is -3.62. The first-order valence-corrected chi connectivity index (χ1v) is 11.3. The quantitative estimate of drug-likeness (QED) is 0.420. The molecule has 9 heteroatoms. The summed E-state index contributed by atoms with van der Waals surface area (Å²) in [6.07, 6.45) is 0.590. The van der Waals surface area contributed by atoms with Crippen LogP contribution in [0.2, 0.25) is 5.02 Å². The maximum absolute atomic E-state index is 13.5. The third-order valence-corrected chi connectivity index (χ3v) is 5.67. The lowest BCUT2D eigenvalue weighted by atomic mass is 10.1. The smallest absolute Gasteiger partial charge is 0.255 e. The summed E-state index contributed by atoms with van der Waals surface area (Å²) in [5.74, 6) is -0.234. The van der Waals surface area contributed by atoms with Crippen molar-refractivity contribution in [2.24, 2.45) is 5.73 Å². The van der Waals surface area contributed by atoms with Crippen LogP contribution in [0.4, 0.5) is 10.1 Å². The van der Waals surface area contributed by atoms with Crippen LogP contribution in [0.5, 0.6) is 11.5 Å². The number of benzene rings is 3. The van der Waals surface area contributed by atoms with Gasteiger partial charge in [-0.25, -0.2) is 4.39 Å². The van der Waals surface area contributed by atoms with E-state index in [9.17, 15) is 14.0 Å². The number of carbonyl (C=O) groups is 2.